The summed E-state index contributed by atoms with van der Waals surface area (Å²) in [6.07, 6.45) is 0. The van der Waals surface area contributed by atoms with Crippen molar-refractivity contribution in [2.75, 3.05) is 6.61 Å². The molecule has 0 saturated heterocycles. The third-order valence-corrected chi connectivity index (χ3v) is 3.71. The lowest BCUT2D eigenvalue weighted by molar-refractivity contribution is -0.116. The monoisotopic (exact) mass is 362 g/mol. The van der Waals surface area contributed by atoms with Crippen molar-refractivity contribution in [1.82, 2.24) is 0 Å². The predicted octanol–water partition coefficient (Wildman–Crippen LogP) is 3.65. The normalized spacial score (nSPS) is 12.0. The number of ketones is 1. The molecule has 0 aliphatic carbocycles. The molecule has 1 unspecified atom stereocenters. The molecule has 0 radical (unpaired) electrons. The minimum absolute atomic E-state index is 0.0158. The second-order valence-corrected chi connectivity index (χ2v) is 5.30. The van der Waals surface area contributed by atoms with Gasteiger partial charge in [-0.1, -0.05) is 31.9 Å². The number of rotatable bonds is 4. The number of hydrogen-bond donors (Lipinski definition) is 0. The Morgan fingerprint density at radius 1 is 1.35 bits per heavy atom. The highest BCUT2D eigenvalue weighted by Gasteiger charge is 2.16. The van der Waals surface area contributed by atoms with Gasteiger partial charge in [-0.25, -0.2) is 4.79 Å². The predicted molar refractivity (Wildman–Crippen MR) is 72.4 cm³/mol. The minimum Gasteiger partial charge on any atom is -0.462 e. The molecule has 0 bridgehead atoms. The van der Waals surface area contributed by atoms with E-state index in [1.807, 2.05) is 0 Å². The van der Waals surface area contributed by atoms with Crippen LogP contribution in [0.3, 0.4) is 0 Å². The molecule has 1 atom stereocenters. The van der Waals surface area contributed by atoms with Crippen molar-refractivity contribution in [2.24, 2.45) is 0 Å². The van der Waals surface area contributed by atoms with Crippen molar-refractivity contribution < 1.29 is 14.3 Å². The van der Waals surface area contributed by atoms with Crippen LogP contribution in [-0.2, 0) is 9.53 Å². The lowest BCUT2D eigenvalue weighted by Gasteiger charge is -2.09. The van der Waals surface area contributed by atoms with Gasteiger partial charge in [0.25, 0.3) is 0 Å². The van der Waals surface area contributed by atoms with E-state index in [-0.39, 0.29) is 5.78 Å². The summed E-state index contributed by atoms with van der Waals surface area (Å²) in [4.78, 5) is 22.5. The minimum atomic E-state index is -0.409. The summed E-state index contributed by atoms with van der Waals surface area (Å²) in [6, 6.07) is 5.12. The van der Waals surface area contributed by atoms with Crippen molar-refractivity contribution in [3.8, 4) is 0 Å². The molecular weight excluding hydrogens is 352 g/mol. The van der Waals surface area contributed by atoms with E-state index in [1.54, 1.807) is 25.1 Å². The largest absolute Gasteiger partial charge is 0.462 e. The van der Waals surface area contributed by atoms with Gasteiger partial charge >= 0.3 is 5.97 Å². The Hall–Kier alpha value is -0.680. The van der Waals surface area contributed by atoms with Crippen LogP contribution >= 0.6 is 31.9 Å². The number of alkyl halides is 1. The van der Waals surface area contributed by atoms with Gasteiger partial charge in [-0.05, 0) is 37.6 Å². The molecule has 3 nitrogen and oxygen atoms in total. The summed E-state index contributed by atoms with van der Waals surface area (Å²) in [5.74, 6) is -0.406. The second-order valence-electron chi connectivity index (χ2n) is 3.47. The zero-order valence-electron chi connectivity index (χ0n) is 9.50. The molecule has 92 valence electrons. The number of hydrogen-bond acceptors (Lipinski definition) is 3. The van der Waals surface area contributed by atoms with E-state index in [9.17, 15) is 9.59 Å². The first-order valence-corrected chi connectivity index (χ1v) is 6.78. The van der Waals surface area contributed by atoms with Crippen LogP contribution in [0.25, 0.3) is 0 Å². The summed E-state index contributed by atoms with van der Waals surface area (Å²) < 4.78 is 5.66. The zero-order chi connectivity index (χ0) is 13.0. The molecule has 1 aromatic carbocycles. The zero-order valence-corrected chi connectivity index (χ0v) is 12.7. The molecule has 1 aromatic rings. The van der Waals surface area contributed by atoms with Gasteiger partial charge in [0.15, 0.2) is 0 Å². The Kier molecular flexibility index (Phi) is 5.33. The van der Waals surface area contributed by atoms with Gasteiger partial charge in [-0.3, -0.25) is 4.79 Å². The van der Waals surface area contributed by atoms with Gasteiger partial charge in [0.2, 0.25) is 0 Å². The first-order chi connectivity index (χ1) is 7.95. The summed E-state index contributed by atoms with van der Waals surface area (Å²) in [6.45, 7) is 3.56. The van der Waals surface area contributed by atoms with Gasteiger partial charge in [-0.2, -0.15) is 0 Å². The number of ether oxygens (including phenoxy) is 1. The molecule has 17 heavy (non-hydrogen) atoms. The molecule has 1 rings (SSSR count). The molecule has 0 aromatic heterocycles. The van der Waals surface area contributed by atoms with Gasteiger partial charge in [0.1, 0.15) is 5.78 Å². The molecule has 0 N–H and O–H groups in total. The molecule has 0 aliphatic heterocycles. The Labute approximate surface area is 117 Å². The number of esters is 1. The van der Waals surface area contributed by atoms with Crippen LogP contribution in [0.2, 0.25) is 0 Å². The Balaban J connectivity index is 3.10. The maximum atomic E-state index is 11.6. The molecule has 5 heteroatoms. The lowest BCUT2D eigenvalue weighted by atomic mass is 10.1. The molecular formula is C12H12Br2O3. The highest BCUT2D eigenvalue weighted by atomic mass is 79.9. The summed E-state index contributed by atoms with van der Waals surface area (Å²) in [5.41, 5.74) is 1.16. The average Bonchev–Trinajstić information content (AvgIpc) is 2.27. The second kappa shape index (κ2) is 6.31. The molecule has 0 saturated carbocycles. The van der Waals surface area contributed by atoms with Gasteiger partial charge in [-0.15, -0.1) is 0 Å². The molecule has 0 heterocycles. The smallest absolute Gasteiger partial charge is 0.338 e. The van der Waals surface area contributed by atoms with Crippen molar-refractivity contribution in [2.45, 2.75) is 18.7 Å². The lowest BCUT2D eigenvalue weighted by Crippen LogP contribution is -2.07. The fourth-order valence-electron chi connectivity index (χ4n) is 1.33. The Bertz CT molecular complexity index is 443. The standard InChI is InChI=1S/C12H12Br2O3/c1-3-17-12(16)9-4-8(5-10(13)6-9)11(14)7(2)15/h4-6,11H,3H2,1-2H3. The van der Waals surface area contributed by atoms with Crippen LogP contribution in [0.1, 0.15) is 34.6 Å². The topological polar surface area (TPSA) is 43.4 Å². The third-order valence-electron chi connectivity index (χ3n) is 2.08. The van der Waals surface area contributed by atoms with Gasteiger partial charge < -0.3 is 4.74 Å². The van der Waals surface area contributed by atoms with E-state index in [1.165, 1.54) is 6.92 Å². The SMILES string of the molecule is CCOC(=O)c1cc(Br)cc(C(Br)C(C)=O)c1. The first kappa shape index (κ1) is 14.4. The summed E-state index contributed by atoms with van der Waals surface area (Å²) >= 11 is 6.59. The first-order valence-electron chi connectivity index (χ1n) is 5.07. The quantitative estimate of drug-likeness (QED) is 0.605. The van der Waals surface area contributed by atoms with E-state index in [2.05, 4.69) is 31.9 Å². The van der Waals surface area contributed by atoms with Crippen LogP contribution in [0.4, 0.5) is 0 Å². The van der Waals surface area contributed by atoms with Gasteiger partial charge in [0, 0.05) is 4.47 Å². The highest BCUT2D eigenvalue weighted by molar-refractivity contribution is 9.10. The van der Waals surface area contributed by atoms with Crippen LogP contribution in [0, 0.1) is 0 Å². The van der Waals surface area contributed by atoms with Crippen molar-refractivity contribution >= 4 is 43.6 Å². The highest BCUT2D eigenvalue weighted by Crippen LogP contribution is 2.27. The molecule has 0 fully saturated rings. The van der Waals surface area contributed by atoms with Crippen LogP contribution in [0.5, 0.6) is 0 Å². The van der Waals surface area contributed by atoms with E-state index in [0.717, 1.165) is 10.0 Å². The van der Waals surface area contributed by atoms with Crippen LogP contribution < -0.4 is 0 Å². The Morgan fingerprint density at radius 2 is 2.00 bits per heavy atom. The van der Waals surface area contributed by atoms with Crippen LogP contribution in [-0.4, -0.2) is 18.4 Å². The maximum absolute atomic E-state index is 11.6. The fourth-order valence-corrected chi connectivity index (χ4v) is 2.10. The van der Waals surface area contributed by atoms with Gasteiger partial charge in [0.05, 0.1) is 17.0 Å². The van der Waals surface area contributed by atoms with Crippen LogP contribution in [0.15, 0.2) is 22.7 Å². The fraction of sp³-hybridized carbons (Fsp3) is 0.333. The van der Waals surface area contributed by atoms with E-state index in [0.29, 0.717) is 12.2 Å². The van der Waals surface area contributed by atoms with Crippen molar-refractivity contribution in [3.63, 3.8) is 0 Å². The van der Waals surface area contributed by atoms with Crippen molar-refractivity contribution in [1.29, 1.82) is 0 Å². The number of Topliss-reactive ketones (excluding diaryl/α,β-unsaturated/α-hetero) is 1. The molecule has 0 spiro atoms. The molecule has 0 aliphatic rings. The average molecular weight is 364 g/mol. The van der Waals surface area contributed by atoms with Crippen molar-refractivity contribution in [3.05, 3.63) is 33.8 Å². The van der Waals surface area contributed by atoms with E-state index in [4.69, 9.17) is 4.74 Å². The summed E-state index contributed by atoms with van der Waals surface area (Å²) in [7, 11) is 0. The number of carbonyl (C=O) groups is 2. The number of carbonyl (C=O) groups excluding carboxylic acids is 2. The Morgan fingerprint density at radius 3 is 2.53 bits per heavy atom. The van der Waals surface area contributed by atoms with E-state index >= 15 is 0 Å². The number of halogens is 2. The maximum Gasteiger partial charge on any atom is 0.338 e. The van der Waals surface area contributed by atoms with E-state index < -0.39 is 10.8 Å². The number of benzene rings is 1. The molecule has 0 amide bonds. The third kappa shape index (κ3) is 3.92. The summed E-state index contributed by atoms with van der Waals surface area (Å²) in [5, 5.41) is 0.